The van der Waals surface area contributed by atoms with Crippen molar-refractivity contribution in [3.8, 4) is 11.5 Å². The van der Waals surface area contributed by atoms with Crippen LogP contribution in [-0.2, 0) is 0 Å². The maximum Gasteiger partial charge on any atom is 0.212 e. The number of hydrogen-bond donors (Lipinski definition) is 0. The summed E-state index contributed by atoms with van der Waals surface area (Å²) in [6.07, 6.45) is 0. The quantitative estimate of drug-likeness (QED) is 0.830. The summed E-state index contributed by atoms with van der Waals surface area (Å²) in [6.45, 7) is 1.89. The van der Waals surface area contributed by atoms with Gasteiger partial charge in [-0.3, -0.25) is 0 Å². The predicted molar refractivity (Wildman–Crippen MR) is 87.3 cm³/mol. The average Bonchev–Trinajstić information content (AvgIpc) is 2.87. The summed E-state index contributed by atoms with van der Waals surface area (Å²) in [5.41, 5.74) is 1.97. The summed E-state index contributed by atoms with van der Waals surface area (Å²) in [7, 11) is 3.25. The molecular formula is C13H15BrN4O2S. The van der Waals surface area contributed by atoms with E-state index in [4.69, 9.17) is 9.47 Å². The highest BCUT2D eigenvalue weighted by atomic mass is 79.9. The van der Waals surface area contributed by atoms with Crippen LogP contribution in [0, 0.1) is 6.92 Å². The molecule has 1 aromatic heterocycles. The van der Waals surface area contributed by atoms with Crippen molar-refractivity contribution in [2.45, 2.75) is 12.1 Å². The average molecular weight is 371 g/mol. The van der Waals surface area contributed by atoms with Gasteiger partial charge in [0.05, 0.1) is 19.9 Å². The van der Waals surface area contributed by atoms with Crippen molar-refractivity contribution in [2.75, 3.05) is 20.0 Å². The van der Waals surface area contributed by atoms with Gasteiger partial charge in [0, 0.05) is 11.3 Å². The zero-order valence-electron chi connectivity index (χ0n) is 11.9. The second-order valence-corrected chi connectivity index (χ2v) is 5.19. The molecule has 1 aliphatic heterocycles. The first-order valence-corrected chi connectivity index (χ1v) is 7.06. The molecule has 2 aromatic rings. The summed E-state index contributed by atoms with van der Waals surface area (Å²) in [5, 5.41) is 13.5. The van der Waals surface area contributed by atoms with Crippen LogP contribution in [0.3, 0.4) is 0 Å². The molecule has 0 N–H and O–H groups in total. The number of aryl methyl sites for hydroxylation is 1. The van der Waals surface area contributed by atoms with Crippen LogP contribution in [0.15, 0.2) is 28.5 Å². The molecule has 0 aliphatic carbocycles. The highest BCUT2D eigenvalue weighted by Gasteiger charge is 2.18. The molecule has 112 valence electrons. The second kappa shape index (κ2) is 6.48. The van der Waals surface area contributed by atoms with E-state index in [2.05, 4.69) is 15.3 Å². The highest BCUT2D eigenvalue weighted by Crippen LogP contribution is 2.30. The van der Waals surface area contributed by atoms with E-state index in [1.807, 2.05) is 25.1 Å². The van der Waals surface area contributed by atoms with E-state index in [1.165, 1.54) is 0 Å². The zero-order valence-corrected chi connectivity index (χ0v) is 14.4. The van der Waals surface area contributed by atoms with Crippen molar-refractivity contribution >= 4 is 34.5 Å². The van der Waals surface area contributed by atoms with Gasteiger partial charge in [-0.1, -0.05) is 11.8 Å². The van der Waals surface area contributed by atoms with Crippen LogP contribution >= 0.6 is 28.7 Å². The van der Waals surface area contributed by atoms with Crippen LogP contribution in [0.2, 0.25) is 0 Å². The molecule has 0 saturated heterocycles. The van der Waals surface area contributed by atoms with Crippen LogP contribution in [-0.4, -0.2) is 40.6 Å². The fraction of sp³-hybridized carbons (Fsp3) is 0.308. The number of fused-ring (bicyclic) bond motifs is 1. The van der Waals surface area contributed by atoms with E-state index in [0.717, 1.165) is 28.0 Å². The lowest BCUT2D eigenvalue weighted by Crippen LogP contribution is -2.14. The minimum absolute atomic E-state index is 0. The molecule has 0 atom stereocenters. The molecule has 0 fully saturated rings. The topological polar surface area (TPSA) is 61.5 Å². The maximum atomic E-state index is 5.33. The molecule has 0 spiro atoms. The van der Waals surface area contributed by atoms with Gasteiger partial charge in [-0.15, -0.1) is 27.2 Å². The molecule has 2 heterocycles. The standard InChI is InChI=1S/C13H14N4O2S.BrH/c1-8-14-15-13-17(8)16-10(7-20-13)9-4-5-11(18-2)12(6-9)19-3;/h4-6H,7H2,1-3H3;1H. The Hall–Kier alpha value is -1.54. The molecule has 1 aliphatic rings. The molecule has 0 bridgehead atoms. The summed E-state index contributed by atoms with van der Waals surface area (Å²) in [5.74, 6) is 2.95. The Morgan fingerprint density at radius 3 is 2.62 bits per heavy atom. The number of ether oxygens (including phenoxy) is 2. The summed E-state index contributed by atoms with van der Waals surface area (Å²) in [4.78, 5) is 0. The first-order chi connectivity index (χ1) is 9.72. The number of nitrogens with zero attached hydrogens (tertiary/aromatic N) is 4. The minimum atomic E-state index is 0. The van der Waals surface area contributed by atoms with Gasteiger partial charge in [0.25, 0.3) is 0 Å². The third kappa shape index (κ3) is 2.91. The van der Waals surface area contributed by atoms with Gasteiger partial charge < -0.3 is 9.47 Å². The van der Waals surface area contributed by atoms with Crippen molar-refractivity contribution in [1.82, 2.24) is 14.9 Å². The normalized spacial score (nSPS) is 13.0. The van der Waals surface area contributed by atoms with Gasteiger partial charge in [0.2, 0.25) is 5.16 Å². The lowest BCUT2D eigenvalue weighted by Gasteiger charge is -2.14. The summed E-state index contributed by atoms with van der Waals surface area (Å²) >= 11 is 1.62. The lowest BCUT2D eigenvalue weighted by molar-refractivity contribution is 0.355. The van der Waals surface area contributed by atoms with E-state index in [1.54, 1.807) is 30.7 Å². The first-order valence-electron chi connectivity index (χ1n) is 6.08. The van der Waals surface area contributed by atoms with Crippen molar-refractivity contribution < 1.29 is 9.47 Å². The first kappa shape index (κ1) is 15.8. The summed E-state index contributed by atoms with van der Waals surface area (Å²) < 4.78 is 12.3. The van der Waals surface area contributed by atoms with Crippen LogP contribution in [0.1, 0.15) is 11.4 Å². The fourth-order valence-corrected chi connectivity index (χ4v) is 2.87. The molecule has 0 radical (unpaired) electrons. The maximum absolute atomic E-state index is 5.33. The molecule has 0 saturated carbocycles. The van der Waals surface area contributed by atoms with Crippen LogP contribution < -0.4 is 9.47 Å². The second-order valence-electron chi connectivity index (χ2n) is 4.25. The van der Waals surface area contributed by atoms with E-state index in [9.17, 15) is 0 Å². The van der Waals surface area contributed by atoms with E-state index >= 15 is 0 Å². The van der Waals surface area contributed by atoms with E-state index in [-0.39, 0.29) is 17.0 Å². The lowest BCUT2D eigenvalue weighted by atomic mass is 10.1. The van der Waals surface area contributed by atoms with E-state index < -0.39 is 0 Å². The molecule has 6 nitrogen and oxygen atoms in total. The molecular weight excluding hydrogens is 356 g/mol. The van der Waals surface area contributed by atoms with Gasteiger partial charge in [0.1, 0.15) is 0 Å². The Morgan fingerprint density at radius 2 is 1.90 bits per heavy atom. The summed E-state index contributed by atoms with van der Waals surface area (Å²) in [6, 6.07) is 5.80. The molecule has 0 unspecified atom stereocenters. The third-order valence-corrected chi connectivity index (χ3v) is 3.97. The van der Waals surface area contributed by atoms with Crippen molar-refractivity contribution in [3.63, 3.8) is 0 Å². The van der Waals surface area contributed by atoms with Crippen molar-refractivity contribution in [2.24, 2.45) is 5.10 Å². The van der Waals surface area contributed by atoms with Crippen LogP contribution in [0.5, 0.6) is 11.5 Å². The number of halogens is 1. The zero-order chi connectivity index (χ0) is 14.1. The van der Waals surface area contributed by atoms with Crippen LogP contribution in [0.25, 0.3) is 0 Å². The Kier molecular flexibility index (Phi) is 4.89. The minimum Gasteiger partial charge on any atom is -0.493 e. The van der Waals surface area contributed by atoms with Gasteiger partial charge in [-0.05, 0) is 25.1 Å². The fourth-order valence-electron chi connectivity index (χ4n) is 1.98. The van der Waals surface area contributed by atoms with Gasteiger partial charge in [-0.25, -0.2) is 0 Å². The van der Waals surface area contributed by atoms with Gasteiger partial charge in [0.15, 0.2) is 17.3 Å². The third-order valence-electron chi connectivity index (χ3n) is 3.04. The highest BCUT2D eigenvalue weighted by molar-refractivity contribution is 8.93. The Balaban J connectivity index is 0.00000161. The van der Waals surface area contributed by atoms with Crippen molar-refractivity contribution in [1.29, 1.82) is 0 Å². The number of rotatable bonds is 3. The largest absolute Gasteiger partial charge is 0.493 e. The van der Waals surface area contributed by atoms with E-state index in [0.29, 0.717) is 11.5 Å². The molecule has 3 rings (SSSR count). The number of methoxy groups -OCH3 is 2. The molecule has 21 heavy (non-hydrogen) atoms. The number of benzene rings is 1. The monoisotopic (exact) mass is 370 g/mol. The Labute approximate surface area is 137 Å². The number of aromatic nitrogens is 3. The molecule has 8 heteroatoms. The van der Waals surface area contributed by atoms with Gasteiger partial charge >= 0.3 is 0 Å². The smallest absolute Gasteiger partial charge is 0.212 e. The Bertz CT molecular complexity index is 687. The number of thioether (sulfide) groups is 1. The van der Waals surface area contributed by atoms with Gasteiger partial charge in [-0.2, -0.15) is 9.78 Å². The molecule has 1 aromatic carbocycles. The SMILES string of the molecule is Br.COc1ccc(C2=Nn3c(C)nnc3SC2)cc1OC. The Morgan fingerprint density at radius 1 is 1.14 bits per heavy atom. The van der Waals surface area contributed by atoms with Crippen molar-refractivity contribution in [3.05, 3.63) is 29.6 Å². The molecule has 0 amide bonds. The number of hydrogen-bond acceptors (Lipinski definition) is 6. The predicted octanol–water partition coefficient (Wildman–Crippen LogP) is 2.54. The van der Waals surface area contributed by atoms with Crippen LogP contribution in [0.4, 0.5) is 0 Å².